The molecule has 2 atom stereocenters. The van der Waals surface area contributed by atoms with Gasteiger partial charge in [-0.2, -0.15) is 0 Å². The van der Waals surface area contributed by atoms with Crippen molar-refractivity contribution >= 4 is 16.6 Å². The molecule has 1 aliphatic heterocycles. The van der Waals surface area contributed by atoms with Crippen molar-refractivity contribution in [1.82, 2.24) is 10.3 Å². The number of rotatable bonds is 4. The van der Waals surface area contributed by atoms with Gasteiger partial charge in [0.25, 0.3) is 0 Å². The van der Waals surface area contributed by atoms with Crippen molar-refractivity contribution in [2.24, 2.45) is 0 Å². The van der Waals surface area contributed by atoms with Gasteiger partial charge in [-0.3, -0.25) is 4.79 Å². The lowest BCUT2D eigenvalue weighted by Crippen LogP contribution is -2.28. The van der Waals surface area contributed by atoms with E-state index in [1.54, 1.807) is 20.2 Å². The molecule has 1 aliphatic rings. The number of pyridine rings is 1. The SMILES string of the molecule is COc1cnc(OC2CNC(C(C)=O)C2)c2ccccc12. The third-order valence-electron chi connectivity index (χ3n) is 3.80. The first-order valence-electron chi connectivity index (χ1n) is 7.01. The molecule has 0 amide bonds. The molecule has 2 unspecified atom stereocenters. The van der Waals surface area contributed by atoms with E-state index in [2.05, 4.69) is 10.3 Å². The molecule has 21 heavy (non-hydrogen) atoms. The fourth-order valence-electron chi connectivity index (χ4n) is 2.66. The average molecular weight is 286 g/mol. The molecule has 0 bridgehead atoms. The summed E-state index contributed by atoms with van der Waals surface area (Å²) in [6.45, 7) is 2.26. The lowest BCUT2D eigenvalue weighted by atomic mass is 10.1. The molecule has 1 aromatic heterocycles. The van der Waals surface area contributed by atoms with E-state index < -0.39 is 0 Å². The highest BCUT2D eigenvalue weighted by atomic mass is 16.5. The Kier molecular flexibility index (Phi) is 3.75. The van der Waals surface area contributed by atoms with Crippen LogP contribution in [0.4, 0.5) is 0 Å². The fraction of sp³-hybridized carbons (Fsp3) is 0.375. The topological polar surface area (TPSA) is 60.5 Å². The lowest BCUT2D eigenvalue weighted by molar-refractivity contribution is -0.118. The molecule has 5 nitrogen and oxygen atoms in total. The van der Waals surface area contributed by atoms with Crippen LogP contribution >= 0.6 is 0 Å². The van der Waals surface area contributed by atoms with Gasteiger partial charge in [-0.15, -0.1) is 0 Å². The number of hydrogen-bond donors (Lipinski definition) is 1. The van der Waals surface area contributed by atoms with E-state index >= 15 is 0 Å². The summed E-state index contributed by atoms with van der Waals surface area (Å²) in [5.41, 5.74) is 0. The van der Waals surface area contributed by atoms with Gasteiger partial charge in [-0.25, -0.2) is 4.98 Å². The average Bonchev–Trinajstić information content (AvgIpc) is 2.96. The number of ketones is 1. The molecule has 110 valence electrons. The Bertz CT molecular complexity index is 672. The third-order valence-corrected chi connectivity index (χ3v) is 3.80. The summed E-state index contributed by atoms with van der Waals surface area (Å²) in [7, 11) is 1.63. The highest BCUT2D eigenvalue weighted by Gasteiger charge is 2.29. The number of methoxy groups -OCH3 is 1. The van der Waals surface area contributed by atoms with E-state index in [0.29, 0.717) is 18.8 Å². The van der Waals surface area contributed by atoms with E-state index in [0.717, 1.165) is 16.5 Å². The van der Waals surface area contributed by atoms with Gasteiger partial charge in [0.2, 0.25) is 5.88 Å². The van der Waals surface area contributed by atoms with Gasteiger partial charge in [0, 0.05) is 23.7 Å². The minimum Gasteiger partial charge on any atom is -0.494 e. The molecular formula is C16H18N2O3. The first-order chi connectivity index (χ1) is 10.2. The summed E-state index contributed by atoms with van der Waals surface area (Å²) in [4.78, 5) is 15.7. The van der Waals surface area contributed by atoms with Crippen LogP contribution in [0.3, 0.4) is 0 Å². The second-order valence-electron chi connectivity index (χ2n) is 5.22. The van der Waals surface area contributed by atoms with E-state index in [1.165, 1.54) is 0 Å². The molecule has 1 saturated heterocycles. The predicted molar refractivity (Wildman–Crippen MR) is 79.8 cm³/mol. The second-order valence-corrected chi connectivity index (χ2v) is 5.22. The quantitative estimate of drug-likeness (QED) is 0.930. The maximum atomic E-state index is 11.4. The van der Waals surface area contributed by atoms with Gasteiger partial charge < -0.3 is 14.8 Å². The van der Waals surface area contributed by atoms with Crippen molar-refractivity contribution < 1.29 is 14.3 Å². The molecule has 2 heterocycles. The summed E-state index contributed by atoms with van der Waals surface area (Å²) < 4.78 is 11.3. The number of carbonyl (C=O) groups is 1. The highest BCUT2D eigenvalue weighted by Crippen LogP contribution is 2.31. The minimum absolute atomic E-state index is 0.0387. The van der Waals surface area contributed by atoms with Crippen LogP contribution in [0.2, 0.25) is 0 Å². The highest BCUT2D eigenvalue weighted by molar-refractivity contribution is 5.91. The molecule has 0 spiro atoms. The van der Waals surface area contributed by atoms with Crippen LogP contribution in [0.15, 0.2) is 30.5 Å². The molecule has 0 saturated carbocycles. The third kappa shape index (κ3) is 2.69. The van der Waals surface area contributed by atoms with Crippen LogP contribution in [0.1, 0.15) is 13.3 Å². The van der Waals surface area contributed by atoms with Gasteiger partial charge in [0.1, 0.15) is 17.6 Å². The predicted octanol–water partition coefficient (Wildman–Crippen LogP) is 1.94. The van der Waals surface area contributed by atoms with Crippen molar-refractivity contribution in [1.29, 1.82) is 0 Å². The Morgan fingerprint density at radius 1 is 1.33 bits per heavy atom. The monoisotopic (exact) mass is 286 g/mol. The van der Waals surface area contributed by atoms with Crippen LogP contribution in [-0.2, 0) is 4.79 Å². The first-order valence-corrected chi connectivity index (χ1v) is 7.01. The zero-order valence-corrected chi connectivity index (χ0v) is 12.1. The number of Topliss-reactive ketones (excluding diaryl/α,β-unsaturated/α-hetero) is 1. The normalized spacial score (nSPS) is 21.4. The summed E-state index contributed by atoms with van der Waals surface area (Å²) in [5.74, 6) is 1.46. The van der Waals surface area contributed by atoms with Crippen molar-refractivity contribution in [3.8, 4) is 11.6 Å². The van der Waals surface area contributed by atoms with Crippen LogP contribution in [0.25, 0.3) is 10.8 Å². The maximum absolute atomic E-state index is 11.4. The molecule has 1 aromatic carbocycles. The Labute approximate surface area is 123 Å². The minimum atomic E-state index is -0.112. The number of nitrogens with zero attached hydrogens (tertiary/aromatic N) is 1. The number of ether oxygens (including phenoxy) is 2. The zero-order chi connectivity index (χ0) is 14.8. The Balaban J connectivity index is 1.87. The summed E-state index contributed by atoms with van der Waals surface area (Å²) in [5, 5.41) is 5.06. The van der Waals surface area contributed by atoms with Gasteiger partial charge >= 0.3 is 0 Å². The number of nitrogens with one attached hydrogen (secondary N) is 1. The Morgan fingerprint density at radius 2 is 2.10 bits per heavy atom. The Hall–Kier alpha value is -2.14. The van der Waals surface area contributed by atoms with Crippen molar-refractivity contribution in [3.05, 3.63) is 30.5 Å². The number of aromatic nitrogens is 1. The molecule has 2 aromatic rings. The van der Waals surface area contributed by atoms with Crippen LogP contribution in [0.5, 0.6) is 11.6 Å². The lowest BCUT2D eigenvalue weighted by Gasteiger charge is -2.15. The second kappa shape index (κ2) is 5.69. The molecule has 1 fully saturated rings. The van der Waals surface area contributed by atoms with Gasteiger partial charge in [-0.05, 0) is 13.0 Å². The van der Waals surface area contributed by atoms with Gasteiger partial charge in [0.05, 0.1) is 19.3 Å². The number of hydrogen-bond acceptors (Lipinski definition) is 5. The summed E-state index contributed by atoms with van der Waals surface area (Å²) >= 11 is 0. The van der Waals surface area contributed by atoms with E-state index in [4.69, 9.17) is 9.47 Å². The van der Waals surface area contributed by atoms with E-state index in [1.807, 2.05) is 24.3 Å². The number of benzene rings is 1. The molecule has 0 radical (unpaired) electrons. The van der Waals surface area contributed by atoms with Crippen LogP contribution in [0, 0.1) is 0 Å². The maximum Gasteiger partial charge on any atom is 0.221 e. The van der Waals surface area contributed by atoms with Crippen LogP contribution in [-0.4, -0.2) is 36.6 Å². The van der Waals surface area contributed by atoms with Crippen molar-refractivity contribution in [3.63, 3.8) is 0 Å². The standard InChI is InChI=1S/C16H18N2O3/c1-10(19)14-7-11(8-17-14)21-16-13-6-4-3-5-12(13)15(20-2)9-18-16/h3-6,9,11,14,17H,7-8H2,1-2H3. The zero-order valence-electron chi connectivity index (χ0n) is 12.1. The molecule has 0 aliphatic carbocycles. The van der Waals surface area contributed by atoms with E-state index in [-0.39, 0.29) is 17.9 Å². The smallest absolute Gasteiger partial charge is 0.221 e. The molecule has 5 heteroatoms. The Morgan fingerprint density at radius 3 is 2.76 bits per heavy atom. The first kappa shape index (κ1) is 13.8. The molecular weight excluding hydrogens is 268 g/mol. The molecule has 1 N–H and O–H groups in total. The van der Waals surface area contributed by atoms with Gasteiger partial charge in [0.15, 0.2) is 0 Å². The van der Waals surface area contributed by atoms with Crippen molar-refractivity contribution in [2.75, 3.05) is 13.7 Å². The number of carbonyl (C=O) groups excluding carboxylic acids is 1. The number of fused-ring (bicyclic) bond motifs is 1. The largest absolute Gasteiger partial charge is 0.494 e. The summed E-state index contributed by atoms with van der Waals surface area (Å²) in [6, 6.07) is 7.73. The summed E-state index contributed by atoms with van der Waals surface area (Å²) in [6.07, 6.45) is 2.31. The van der Waals surface area contributed by atoms with Crippen LogP contribution < -0.4 is 14.8 Å². The van der Waals surface area contributed by atoms with Gasteiger partial charge in [-0.1, -0.05) is 18.2 Å². The van der Waals surface area contributed by atoms with Crippen molar-refractivity contribution in [2.45, 2.75) is 25.5 Å². The fourth-order valence-corrected chi connectivity index (χ4v) is 2.66. The molecule has 3 rings (SSSR count). The van der Waals surface area contributed by atoms with E-state index in [9.17, 15) is 4.79 Å².